The predicted octanol–water partition coefficient (Wildman–Crippen LogP) is 2.35. The number of carbonyl (C=O) groups is 1. The number of amides is 1. The third kappa shape index (κ3) is 3.07. The molecule has 6 heteroatoms. The lowest BCUT2D eigenvalue weighted by Gasteiger charge is -2.51. The van der Waals surface area contributed by atoms with Crippen LogP contribution in [0.4, 0.5) is 10.6 Å². The molecule has 0 bridgehead atoms. The predicted molar refractivity (Wildman–Crippen MR) is 90.0 cm³/mol. The van der Waals surface area contributed by atoms with Gasteiger partial charge < -0.3 is 19.7 Å². The maximum atomic E-state index is 12.3. The quantitative estimate of drug-likeness (QED) is 0.921. The van der Waals surface area contributed by atoms with Crippen molar-refractivity contribution in [3.63, 3.8) is 0 Å². The smallest absolute Gasteiger partial charge is 0.407 e. The lowest BCUT2D eigenvalue weighted by Crippen LogP contribution is -2.57. The van der Waals surface area contributed by atoms with E-state index in [9.17, 15) is 4.79 Å². The molecule has 1 amide bonds. The van der Waals surface area contributed by atoms with Crippen molar-refractivity contribution in [2.45, 2.75) is 44.2 Å². The number of ether oxygens (including phenoxy) is 2. The van der Waals surface area contributed by atoms with E-state index in [0.717, 1.165) is 51.3 Å². The van der Waals surface area contributed by atoms with Crippen molar-refractivity contribution in [2.75, 3.05) is 31.2 Å². The van der Waals surface area contributed by atoms with Crippen molar-refractivity contribution in [1.29, 1.82) is 0 Å². The SMILES string of the molecule is O=C(NC1CCC12CCOCC2)OC1CCN(c2ccccn2)C1. The Morgan fingerprint density at radius 1 is 1.29 bits per heavy atom. The molecule has 4 rings (SSSR count). The number of carbonyl (C=O) groups excluding carboxylic acids is 1. The summed E-state index contributed by atoms with van der Waals surface area (Å²) < 4.78 is 11.1. The molecule has 1 aromatic heterocycles. The Bertz CT molecular complexity index is 574. The van der Waals surface area contributed by atoms with Gasteiger partial charge in [-0.1, -0.05) is 6.07 Å². The van der Waals surface area contributed by atoms with Crippen LogP contribution < -0.4 is 10.2 Å². The van der Waals surface area contributed by atoms with Crippen LogP contribution in [-0.4, -0.2) is 49.5 Å². The normalized spacial score (nSPS) is 28.4. The Balaban J connectivity index is 1.27. The van der Waals surface area contributed by atoms with Gasteiger partial charge in [-0.05, 0) is 43.2 Å². The fourth-order valence-corrected chi connectivity index (χ4v) is 4.20. The van der Waals surface area contributed by atoms with Gasteiger partial charge >= 0.3 is 6.09 Å². The highest BCUT2D eigenvalue weighted by atomic mass is 16.6. The maximum absolute atomic E-state index is 12.3. The van der Waals surface area contributed by atoms with Gasteiger partial charge in [-0.2, -0.15) is 0 Å². The van der Waals surface area contributed by atoms with Crippen LogP contribution in [0.5, 0.6) is 0 Å². The fourth-order valence-electron chi connectivity index (χ4n) is 4.20. The van der Waals surface area contributed by atoms with Gasteiger partial charge in [0.15, 0.2) is 0 Å². The van der Waals surface area contributed by atoms with E-state index in [0.29, 0.717) is 6.54 Å². The Morgan fingerprint density at radius 2 is 2.17 bits per heavy atom. The summed E-state index contributed by atoms with van der Waals surface area (Å²) in [6.45, 7) is 3.22. The zero-order valence-electron chi connectivity index (χ0n) is 13.9. The lowest BCUT2D eigenvalue weighted by atomic mass is 9.60. The van der Waals surface area contributed by atoms with Crippen molar-refractivity contribution in [2.24, 2.45) is 5.41 Å². The number of rotatable bonds is 3. The average Bonchev–Trinajstić information content (AvgIpc) is 3.09. The van der Waals surface area contributed by atoms with Crippen LogP contribution in [0.3, 0.4) is 0 Å². The molecule has 1 N–H and O–H groups in total. The molecule has 1 aromatic rings. The molecule has 3 heterocycles. The van der Waals surface area contributed by atoms with E-state index in [-0.39, 0.29) is 23.7 Å². The van der Waals surface area contributed by atoms with Crippen LogP contribution in [0.2, 0.25) is 0 Å². The first-order valence-electron chi connectivity index (χ1n) is 8.96. The third-order valence-electron chi connectivity index (χ3n) is 5.84. The first-order chi connectivity index (χ1) is 11.8. The minimum atomic E-state index is -0.265. The van der Waals surface area contributed by atoms with E-state index in [1.165, 1.54) is 6.42 Å². The van der Waals surface area contributed by atoms with E-state index in [4.69, 9.17) is 9.47 Å². The molecule has 1 saturated carbocycles. The Hall–Kier alpha value is -1.82. The summed E-state index contributed by atoms with van der Waals surface area (Å²) in [5.74, 6) is 0.948. The molecule has 2 atom stereocenters. The van der Waals surface area contributed by atoms with E-state index in [1.807, 2.05) is 18.2 Å². The third-order valence-corrected chi connectivity index (χ3v) is 5.84. The van der Waals surface area contributed by atoms with Crippen LogP contribution in [0.25, 0.3) is 0 Å². The largest absolute Gasteiger partial charge is 0.444 e. The minimum absolute atomic E-state index is 0.0577. The van der Waals surface area contributed by atoms with Gasteiger partial charge in [0.25, 0.3) is 0 Å². The maximum Gasteiger partial charge on any atom is 0.407 e. The van der Waals surface area contributed by atoms with Crippen LogP contribution in [0, 0.1) is 5.41 Å². The van der Waals surface area contributed by atoms with Gasteiger partial charge in [0.2, 0.25) is 0 Å². The molecule has 0 aromatic carbocycles. The molecule has 130 valence electrons. The Labute approximate surface area is 142 Å². The monoisotopic (exact) mass is 331 g/mol. The summed E-state index contributed by atoms with van der Waals surface area (Å²) in [6.07, 6.45) is 6.67. The van der Waals surface area contributed by atoms with Gasteiger partial charge in [-0.25, -0.2) is 9.78 Å². The fraction of sp³-hybridized carbons (Fsp3) is 0.667. The molecule has 3 fully saturated rings. The second kappa shape index (κ2) is 6.59. The number of aromatic nitrogens is 1. The van der Waals surface area contributed by atoms with Gasteiger partial charge in [0.05, 0.1) is 6.54 Å². The molecule has 1 spiro atoms. The van der Waals surface area contributed by atoms with Gasteiger partial charge in [-0.3, -0.25) is 0 Å². The van der Waals surface area contributed by atoms with Gasteiger partial charge in [-0.15, -0.1) is 0 Å². The summed E-state index contributed by atoms with van der Waals surface area (Å²) in [6, 6.07) is 6.13. The van der Waals surface area contributed by atoms with Crippen molar-refractivity contribution < 1.29 is 14.3 Å². The van der Waals surface area contributed by atoms with E-state index in [1.54, 1.807) is 6.20 Å². The summed E-state index contributed by atoms with van der Waals surface area (Å²) in [7, 11) is 0. The number of pyridine rings is 1. The zero-order valence-corrected chi connectivity index (χ0v) is 13.9. The van der Waals surface area contributed by atoms with E-state index < -0.39 is 0 Å². The Morgan fingerprint density at radius 3 is 2.88 bits per heavy atom. The van der Waals surface area contributed by atoms with Crippen molar-refractivity contribution in [1.82, 2.24) is 10.3 Å². The first kappa shape index (κ1) is 15.7. The van der Waals surface area contributed by atoms with E-state index in [2.05, 4.69) is 15.2 Å². The number of alkyl carbamates (subject to hydrolysis) is 1. The molecule has 6 nitrogen and oxygen atoms in total. The summed E-state index contributed by atoms with van der Waals surface area (Å²) in [4.78, 5) is 18.8. The molecule has 1 aliphatic carbocycles. The molecule has 2 unspecified atom stereocenters. The number of nitrogens with one attached hydrogen (secondary N) is 1. The summed E-state index contributed by atoms with van der Waals surface area (Å²) in [5.41, 5.74) is 0.257. The molecule has 24 heavy (non-hydrogen) atoms. The first-order valence-corrected chi connectivity index (χ1v) is 8.96. The number of hydrogen-bond donors (Lipinski definition) is 1. The Kier molecular flexibility index (Phi) is 4.31. The second-order valence-electron chi connectivity index (χ2n) is 7.16. The lowest BCUT2D eigenvalue weighted by molar-refractivity contribution is -0.0546. The van der Waals surface area contributed by atoms with Gasteiger partial charge in [0.1, 0.15) is 11.9 Å². The highest BCUT2D eigenvalue weighted by Crippen LogP contribution is 2.48. The average molecular weight is 331 g/mol. The summed E-state index contributed by atoms with van der Waals surface area (Å²) >= 11 is 0. The molecular formula is C18H25N3O3. The van der Waals surface area contributed by atoms with Crippen molar-refractivity contribution in [3.05, 3.63) is 24.4 Å². The number of anilines is 1. The highest BCUT2D eigenvalue weighted by Gasteiger charge is 2.48. The van der Waals surface area contributed by atoms with Gasteiger partial charge in [0, 0.05) is 38.4 Å². The highest BCUT2D eigenvalue weighted by molar-refractivity contribution is 5.68. The van der Waals surface area contributed by atoms with Crippen LogP contribution in [-0.2, 0) is 9.47 Å². The molecule has 2 saturated heterocycles. The van der Waals surface area contributed by atoms with Crippen molar-refractivity contribution in [3.8, 4) is 0 Å². The van der Waals surface area contributed by atoms with Crippen LogP contribution >= 0.6 is 0 Å². The van der Waals surface area contributed by atoms with E-state index >= 15 is 0 Å². The molecular weight excluding hydrogens is 306 g/mol. The second-order valence-corrected chi connectivity index (χ2v) is 7.16. The van der Waals surface area contributed by atoms with Crippen LogP contribution in [0.15, 0.2) is 24.4 Å². The number of hydrogen-bond acceptors (Lipinski definition) is 5. The molecule has 2 aliphatic heterocycles. The topological polar surface area (TPSA) is 63.7 Å². The zero-order chi connectivity index (χ0) is 16.4. The molecule has 0 radical (unpaired) electrons. The standard InChI is InChI=1S/C18H25N3O3/c22-17(20-15-4-6-18(15)7-11-23-12-8-18)24-14-5-10-21(13-14)16-3-1-2-9-19-16/h1-3,9,14-15H,4-8,10-13H2,(H,20,22). The number of nitrogens with zero attached hydrogens (tertiary/aromatic N) is 2. The minimum Gasteiger partial charge on any atom is -0.444 e. The van der Waals surface area contributed by atoms with Crippen molar-refractivity contribution >= 4 is 11.9 Å². The van der Waals surface area contributed by atoms with Crippen LogP contribution in [0.1, 0.15) is 32.1 Å². The summed E-state index contributed by atoms with van der Waals surface area (Å²) in [5, 5.41) is 3.11. The molecule has 3 aliphatic rings.